The van der Waals surface area contributed by atoms with Crippen LogP contribution in [0.3, 0.4) is 0 Å². The SMILES string of the molecule is CCCC[N+]1(C)N=C(C)C(C=O)=C1c1ccc(-c2ccccc2-c2nnn(C(c3ccccc3)(c3ccccc3)c3ccccc3)n2)cc1. The number of quaternary nitrogens is 1. The number of nitrogens with zero attached hydrogens (tertiary/aromatic N) is 6. The lowest BCUT2D eigenvalue weighted by molar-refractivity contribution is -0.844. The van der Waals surface area contributed by atoms with Crippen molar-refractivity contribution in [3.05, 3.63) is 167 Å². The summed E-state index contributed by atoms with van der Waals surface area (Å²) in [6, 6.07) is 47.6. The third-order valence-corrected chi connectivity index (χ3v) is 9.49. The monoisotopic (exact) mass is 643 g/mol. The molecule has 0 saturated heterocycles. The zero-order valence-corrected chi connectivity index (χ0v) is 28.1. The first kappa shape index (κ1) is 31.8. The van der Waals surface area contributed by atoms with Crippen molar-refractivity contribution in [2.24, 2.45) is 5.10 Å². The topological polar surface area (TPSA) is 73.0 Å². The fraction of sp³-hybridized carbons (Fsp3) is 0.167. The lowest BCUT2D eigenvalue weighted by Gasteiger charge is -2.34. The van der Waals surface area contributed by atoms with E-state index in [4.69, 9.17) is 20.5 Å². The minimum Gasteiger partial charge on any atom is -0.298 e. The van der Waals surface area contributed by atoms with Crippen molar-refractivity contribution in [3.63, 3.8) is 0 Å². The molecule has 49 heavy (non-hydrogen) atoms. The van der Waals surface area contributed by atoms with Crippen LogP contribution in [0.25, 0.3) is 28.2 Å². The third kappa shape index (κ3) is 5.62. The van der Waals surface area contributed by atoms with Crippen LogP contribution in [0.15, 0.2) is 150 Å². The molecular formula is C42H39N6O+. The number of hydrogen-bond acceptors (Lipinski definition) is 5. The molecule has 1 aliphatic rings. The Morgan fingerprint density at radius 1 is 0.694 bits per heavy atom. The highest BCUT2D eigenvalue weighted by molar-refractivity contribution is 6.19. The van der Waals surface area contributed by atoms with Gasteiger partial charge in [0, 0.05) is 11.1 Å². The van der Waals surface area contributed by atoms with E-state index in [1.54, 1.807) is 4.80 Å². The lowest BCUT2D eigenvalue weighted by atomic mass is 9.77. The molecule has 6 aromatic rings. The summed E-state index contributed by atoms with van der Waals surface area (Å²) >= 11 is 0. The van der Waals surface area contributed by atoms with Crippen LogP contribution in [0, 0.1) is 0 Å². The first-order chi connectivity index (χ1) is 24.0. The molecule has 0 saturated carbocycles. The number of carbonyl (C=O) groups is 1. The number of benzene rings is 5. The van der Waals surface area contributed by atoms with Crippen LogP contribution in [0.2, 0.25) is 0 Å². The average Bonchev–Trinajstić information content (AvgIpc) is 3.75. The highest BCUT2D eigenvalue weighted by Gasteiger charge is 2.42. The summed E-state index contributed by atoms with van der Waals surface area (Å²) in [5, 5.41) is 19.5. The summed E-state index contributed by atoms with van der Waals surface area (Å²) in [5.41, 5.74) is 8.50. The molecule has 0 amide bonds. The van der Waals surface area contributed by atoms with Gasteiger partial charge in [0.25, 0.3) is 0 Å². The Kier molecular flexibility index (Phi) is 8.68. The predicted octanol–water partition coefficient (Wildman–Crippen LogP) is 8.39. The van der Waals surface area contributed by atoms with Gasteiger partial charge < -0.3 is 0 Å². The number of aromatic nitrogens is 4. The highest BCUT2D eigenvalue weighted by Crippen LogP contribution is 2.41. The molecule has 1 atom stereocenters. The lowest BCUT2D eigenvalue weighted by Crippen LogP contribution is -2.39. The van der Waals surface area contributed by atoms with Crippen molar-refractivity contribution in [2.75, 3.05) is 13.6 Å². The number of aldehydes is 1. The van der Waals surface area contributed by atoms with Crippen molar-refractivity contribution in [1.82, 2.24) is 20.2 Å². The normalized spacial score (nSPS) is 16.1. The molecule has 2 heterocycles. The van der Waals surface area contributed by atoms with Crippen molar-refractivity contribution in [3.8, 4) is 22.5 Å². The van der Waals surface area contributed by atoms with Gasteiger partial charge >= 0.3 is 0 Å². The summed E-state index contributed by atoms with van der Waals surface area (Å²) < 4.78 is 0.378. The van der Waals surface area contributed by atoms with Crippen LogP contribution >= 0.6 is 0 Å². The van der Waals surface area contributed by atoms with Crippen molar-refractivity contribution >= 4 is 17.7 Å². The van der Waals surface area contributed by atoms with E-state index in [1.807, 2.05) is 79.7 Å². The van der Waals surface area contributed by atoms with Gasteiger partial charge in [0.15, 0.2) is 17.5 Å². The number of rotatable bonds is 11. The van der Waals surface area contributed by atoms with E-state index in [0.717, 1.165) is 76.0 Å². The molecular weight excluding hydrogens is 605 g/mol. The minimum atomic E-state index is -0.861. The number of allylic oxidation sites excluding steroid dienone is 1. The van der Waals surface area contributed by atoms with Crippen molar-refractivity contribution < 1.29 is 9.39 Å². The summed E-state index contributed by atoms with van der Waals surface area (Å²) in [6.07, 6.45) is 3.02. The Morgan fingerprint density at radius 2 is 1.20 bits per heavy atom. The molecule has 0 bridgehead atoms. The molecule has 5 aromatic carbocycles. The second kappa shape index (κ2) is 13.4. The van der Waals surface area contributed by atoms with E-state index in [-0.39, 0.29) is 0 Å². The highest BCUT2D eigenvalue weighted by atomic mass is 16.1. The largest absolute Gasteiger partial charge is 0.298 e. The van der Waals surface area contributed by atoms with Gasteiger partial charge in [-0.25, -0.2) is 0 Å². The summed E-state index contributed by atoms with van der Waals surface area (Å²) in [7, 11) is 2.09. The van der Waals surface area contributed by atoms with Crippen molar-refractivity contribution in [2.45, 2.75) is 32.2 Å². The van der Waals surface area contributed by atoms with Gasteiger partial charge in [-0.05, 0) is 58.5 Å². The quantitative estimate of drug-likeness (QED) is 0.0808. The van der Waals surface area contributed by atoms with Crippen molar-refractivity contribution in [1.29, 1.82) is 0 Å². The number of unbranched alkanes of at least 4 members (excludes halogenated alkanes) is 1. The Labute approximate surface area is 287 Å². The average molecular weight is 644 g/mol. The Balaban J connectivity index is 1.33. The van der Waals surface area contributed by atoms with E-state index >= 15 is 0 Å². The van der Waals surface area contributed by atoms with Crippen LogP contribution in [0.5, 0.6) is 0 Å². The molecule has 1 aromatic heterocycles. The number of hydrogen-bond donors (Lipinski definition) is 0. The molecule has 0 radical (unpaired) electrons. The van der Waals surface area contributed by atoms with Crippen LogP contribution in [-0.4, -0.2) is 50.4 Å². The minimum absolute atomic E-state index is 0.378. The van der Waals surface area contributed by atoms with E-state index in [9.17, 15) is 4.79 Å². The molecule has 7 heteroatoms. The third-order valence-electron chi connectivity index (χ3n) is 9.49. The standard InChI is InChI=1S/C42H39N6O/c1-4-5-29-48(3)40(39(30-49)31(2)45-48)33-27-25-32(26-28-33)37-23-15-16-24-38(37)41-43-46-47(44-41)42(34-17-9-6-10-18-34,35-19-11-7-12-20-35)36-21-13-8-14-22-36/h6-28,30H,4-5,29H2,1-3H3/q+1. The Morgan fingerprint density at radius 3 is 1.73 bits per heavy atom. The van der Waals surface area contributed by atoms with Crippen LogP contribution in [0.1, 0.15) is 48.9 Å². The second-order valence-electron chi connectivity index (χ2n) is 12.6. The van der Waals surface area contributed by atoms with Gasteiger partial charge in [-0.2, -0.15) is 4.59 Å². The zero-order valence-electron chi connectivity index (χ0n) is 28.1. The molecule has 0 N–H and O–H groups in total. The van der Waals surface area contributed by atoms with Crippen LogP contribution in [-0.2, 0) is 10.3 Å². The van der Waals surface area contributed by atoms with Gasteiger partial charge in [-0.1, -0.05) is 146 Å². The summed E-state index contributed by atoms with van der Waals surface area (Å²) in [6.45, 7) is 4.93. The van der Waals surface area contributed by atoms with Gasteiger partial charge in [0.05, 0.1) is 7.05 Å². The van der Waals surface area contributed by atoms with E-state index < -0.39 is 5.54 Å². The zero-order chi connectivity index (χ0) is 33.8. The smallest absolute Gasteiger partial charge is 0.205 e. The fourth-order valence-electron chi connectivity index (χ4n) is 7.15. The Hall–Kier alpha value is -5.79. The summed E-state index contributed by atoms with van der Waals surface area (Å²) in [4.78, 5) is 14.0. The molecule has 0 fully saturated rings. The maximum Gasteiger partial charge on any atom is 0.205 e. The van der Waals surface area contributed by atoms with Gasteiger partial charge in [-0.3, -0.25) is 4.79 Å². The molecule has 0 spiro atoms. The Bertz CT molecular complexity index is 2040. The van der Waals surface area contributed by atoms with Crippen LogP contribution in [0.4, 0.5) is 0 Å². The van der Waals surface area contributed by atoms with E-state index in [2.05, 4.69) is 80.7 Å². The molecule has 0 aliphatic carbocycles. The van der Waals surface area contributed by atoms with Gasteiger partial charge in [-0.15, -0.1) is 15.0 Å². The predicted molar refractivity (Wildman–Crippen MR) is 195 cm³/mol. The maximum absolute atomic E-state index is 12.2. The van der Waals surface area contributed by atoms with Gasteiger partial charge in [0.2, 0.25) is 5.82 Å². The second-order valence-corrected chi connectivity index (χ2v) is 12.6. The number of carbonyl (C=O) groups excluding carboxylic acids is 1. The fourth-order valence-corrected chi connectivity index (χ4v) is 7.15. The number of tetrazole rings is 1. The maximum atomic E-state index is 12.2. The molecule has 7 rings (SSSR count). The molecule has 242 valence electrons. The van der Waals surface area contributed by atoms with E-state index in [0.29, 0.717) is 16.0 Å². The summed E-state index contributed by atoms with van der Waals surface area (Å²) in [5.74, 6) is 0.529. The van der Waals surface area contributed by atoms with E-state index in [1.165, 1.54) is 0 Å². The first-order valence-corrected chi connectivity index (χ1v) is 16.8. The van der Waals surface area contributed by atoms with Crippen LogP contribution < -0.4 is 0 Å². The van der Waals surface area contributed by atoms with Gasteiger partial charge in [0.1, 0.15) is 17.8 Å². The molecule has 1 aliphatic heterocycles. The first-order valence-electron chi connectivity index (χ1n) is 16.8. The molecule has 1 unspecified atom stereocenters. The molecule has 7 nitrogen and oxygen atoms in total.